The van der Waals surface area contributed by atoms with E-state index in [4.69, 9.17) is 0 Å². The molecule has 0 saturated heterocycles. The number of hydrogen-bond acceptors (Lipinski definition) is 2. The first kappa shape index (κ1) is 13.6. The quantitative estimate of drug-likeness (QED) is 0.819. The van der Waals surface area contributed by atoms with E-state index in [0.717, 1.165) is 32.1 Å². The molecule has 0 unspecified atom stereocenters. The van der Waals surface area contributed by atoms with Crippen molar-refractivity contribution >= 4 is 17.5 Å². The van der Waals surface area contributed by atoms with Gasteiger partial charge >= 0.3 is 11.8 Å². The molecule has 1 fully saturated rings. The van der Waals surface area contributed by atoms with Gasteiger partial charge in [-0.1, -0.05) is 31.9 Å². The zero-order valence-corrected chi connectivity index (χ0v) is 11.2. The molecule has 0 atom stereocenters. The monoisotopic (exact) mass is 260 g/mol. The Morgan fingerprint density at radius 2 is 1.74 bits per heavy atom. The van der Waals surface area contributed by atoms with Crippen molar-refractivity contribution in [3.05, 3.63) is 29.8 Å². The number of carbonyl (C=O) groups excluding carboxylic acids is 2. The Kier molecular flexibility index (Phi) is 4.55. The van der Waals surface area contributed by atoms with Crippen molar-refractivity contribution in [3.8, 4) is 0 Å². The molecule has 0 spiro atoms. The Morgan fingerprint density at radius 1 is 1.11 bits per heavy atom. The highest BCUT2D eigenvalue weighted by Gasteiger charge is 2.21. The molecule has 1 aromatic rings. The molecular weight excluding hydrogens is 240 g/mol. The maximum atomic E-state index is 11.7. The number of hydrogen-bond donors (Lipinski definition) is 2. The smallest absolute Gasteiger partial charge is 0.313 e. The third-order valence-electron chi connectivity index (χ3n) is 3.52. The van der Waals surface area contributed by atoms with E-state index < -0.39 is 11.8 Å². The normalized spacial score (nSPS) is 15.2. The molecular formula is C15H20N2O2. The van der Waals surface area contributed by atoms with E-state index >= 15 is 0 Å². The van der Waals surface area contributed by atoms with Gasteiger partial charge < -0.3 is 10.6 Å². The molecule has 1 aromatic carbocycles. The highest BCUT2D eigenvalue weighted by Crippen LogP contribution is 2.17. The first-order valence-electron chi connectivity index (χ1n) is 6.90. The summed E-state index contributed by atoms with van der Waals surface area (Å²) in [6.07, 6.45) is 5.17. The maximum Gasteiger partial charge on any atom is 0.313 e. The summed E-state index contributed by atoms with van der Waals surface area (Å²) in [7, 11) is 0. The third-order valence-corrected chi connectivity index (χ3v) is 3.52. The van der Waals surface area contributed by atoms with E-state index in [0.29, 0.717) is 5.69 Å². The van der Waals surface area contributed by atoms with E-state index in [1.807, 2.05) is 24.3 Å². The molecule has 4 heteroatoms. The highest BCUT2D eigenvalue weighted by molar-refractivity contribution is 6.39. The number of benzene rings is 1. The van der Waals surface area contributed by atoms with Crippen molar-refractivity contribution in [2.75, 3.05) is 5.32 Å². The minimum absolute atomic E-state index is 0.167. The maximum absolute atomic E-state index is 11.7. The average molecular weight is 260 g/mol. The van der Waals surface area contributed by atoms with Gasteiger partial charge in [0.05, 0.1) is 0 Å². The van der Waals surface area contributed by atoms with Gasteiger partial charge in [0.25, 0.3) is 0 Å². The Bertz CT molecular complexity index is 448. The average Bonchev–Trinajstić information content (AvgIpc) is 2.92. The van der Waals surface area contributed by atoms with Crippen molar-refractivity contribution < 1.29 is 9.59 Å². The second kappa shape index (κ2) is 6.36. The summed E-state index contributed by atoms with van der Waals surface area (Å²) in [5, 5.41) is 5.39. The van der Waals surface area contributed by atoms with Crippen molar-refractivity contribution in [1.82, 2.24) is 5.32 Å². The largest absolute Gasteiger partial charge is 0.345 e. The van der Waals surface area contributed by atoms with Gasteiger partial charge in [-0.25, -0.2) is 0 Å². The minimum Gasteiger partial charge on any atom is -0.345 e. The minimum atomic E-state index is -0.587. The van der Waals surface area contributed by atoms with Gasteiger partial charge in [-0.05, 0) is 37.0 Å². The number of anilines is 1. The lowest BCUT2D eigenvalue weighted by Gasteiger charge is -2.11. The molecule has 1 aliphatic carbocycles. The molecule has 0 radical (unpaired) electrons. The predicted octanol–water partition coefficient (Wildman–Crippen LogP) is 2.25. The van der Waals surface area contributed by atoms with Crippen LogP contribution >= 0.6 is 0 Å². The molecule has 0 aliphatic heterocycles. The molecule has 0 aromatic heterocycles. The highest BCUT2D eigenvalue weighted by atomic mass is 16.2. The number of rotatable bonds is 3. The van der Waals surface area contributed by atoms with Gasteiger partial charge in [0.2, 0.25) is 0 Å². The Hall–Kier alpha value is -1.84. The van der Waals surface area contributed by atoms with Crippen molar-refractivity contribution in [2.24, 2.45) is 0 Å². The van der Waals surface area contributed by atoms with Crippen LogP contribution in [0, 0.1) is 0 Å². The fraction of sp³-hybridized carbons (Fsp3) is 0.467. The zero-order valence-electron chi connectivity index (χ0n) is 11.2. The second-order valence-corrected chi connectivity index (χ2v) is 4.96. The van der Waals surface area contributed by atoms with Crippen LogP contribution in [-0.2, 0) is 16.0 Å². The molecule has 0 heterocycles. The Morgan fingerprint density at radius 3 is 2.32 bits per heavy atom. The van der Waals surface area contributed by atoms with E-state index in [-0.39, 0.29) is 6.04 Å². The zero-order chi connectivity index (χ0) is 13.7. The number of carbonyl (C=O) groups is 2. The van der Waals surface area contributed by atoms with Crippen LogP contribution in [0.1, 0.15) is 38.2 Å². The molecule has 102 valence electrons. The van der Waals surface area contributed by atoms with E-state index in [2.05, 4.69) is 17.6 Å². The van der Waals surface area contributed by atoms with Crippen LogP contribution in [0.25, 0.3) is 0 Å². The predicted molar refractivity (Wildman–Crippen MR) is 74.8 cm³/mol. The topological polar surface area (TPSA) is 58.2 Å². The standard InChI is InChI=1S/C15H20N2O2/c1-2-11-7-9-13(10-8-11)17-15(19)14(18)16-12-5-3-4-6-12/h7-10,12H,2-6H2,1H3,(H,16,18)(H,17,19). The van der Waals surface area contributed by atoms with Crippen molar-refractivity contribution in [2.45, 2.75) is 45.1 Å². The molecule has 19 heavy (non-hydrogen) atoms. The lowest BCUT2D eigenvalue weighted by molar-refractivity contribution is -0.136. The molecule has 1 saturated carbocycles. The van der Waals surface area contributed by atoms with Gasteiger partial charge in [-0.15, -0.1) is 0 Å². The van der Waals surface area contributed by atoms with Crippen LogP contribution in [0.4, 0.5) is 5.69 Å². The van der Waals surface area contributed by atoms with Crippen LogP contribution in [0.2, 0.25) is 0 Å². The lowest BCUT2D eigenvalue weighted by Crippen LogP contribution is -2.40. The molecule has 2 amide bonds. The second-order valence-electron chi connectivity index (χ2n) is 4.96. The summed E-state index contributed by atoms with van der Waals surface area (Å²) in [4.78, 5) is 23.4. The fourth-order valence-corrected chi connectivity index (χ4v) is 2.33. The van der Waals surface area contributed by atoms with Crippen LogP contribution < -0.4 is 10.6 Å². The van der Waals surface area contributed by atoms with Gasteiger partial charge in [-0.2, -0.15) is 0 Å². The molecule has 0 bridgehead atoms. The number of amides is 2. The summed E-state index contributed by atoms with van der Waals surface area (Å²) in [5.74, 6) is -1.12. The molecule has 4 nitrogen and oxygen atoms in total. The van der Waals surface area contributed by atoms with Gasteiger partial charge in [0.1, 0.15) is 0 Å². The van der Waals surface area contributed by atoms with Crippen LogP contribution in [0.15, 0.2) is 24.3 Å². The summed E-state index contributed by atoms with van der Waals surface area (Å²) in [6, 6.07) is 7.70. The van der Waals surface area contributed by atoms with Crippen molar-refractivity contribution in [1.29, 1.82) is 0 Å². The van der Waals surface area contributed by atoms with E-state index in [9.17, 15) is 9.59 Å². The van der Waals surface area contributed by atoms with E-state index in [1.165, 1.54) is 5.56 Å². The summed E-state index contributed by atoms with van der Waals surface area (Å²) in [6.45, 7) is 2.07. The SMILES string of the molecule is CCc1ccc(NC(=O)C(=O)NC2CCCC2)cc1. The number of aryl methyl sites for hydroxylation is 1. The molecule has 2 N–H and O–H groups in total. The van der Waals surface area contributed by atoms with Gasteiger partial charge in [0.15, 0.2) is 0 Å². The van der Waals surface area contributed by atoms with Gasteiger partial charge in [0, 0.05) is 11.7 Å². The summed E-state index contributed by atoms with van der Waals surface area (Å²) in [5.41, 5.74) is 1.86. The molecule has 1 aliphatic rings. The summed E-state index contributed by atoms with van der Waals surface area (Å²) >= 11 is 0. The fourth-order valence-electron chi connectivity index (χ4n) is 2.33. The van der Waals surface area contributed by atoms with Crippen LogP contribution in [0.5, 0.6) is 0 Å². The first-order chi connectivity index (χ1) is 9.19. The Labute approximate surface area is 113 Å². The van der Waals surface area contributed by atoms with Crippen LogP contribution in [-0.4, -0.2) is 17.9 Å². The summed E-state index contributed by atoms with van der Waals surface area (Å²) < 4.78 is 0. The number of nitrogens with one attached hydrogen (secondary N) is 2. The van der Waals surface area contributed by atoms with Gasteiger partial charge in [-0.3, -0.25) is 9.59 Å². The van der Waals surface area contributed by atoms with Crippen molar-refractivity contribution in [3.63, 3.8) is 0 Å². The first-order valence-corrected chi connectivity index (χ1v) is 6.90. The van der Waals surface area contributed by atoms with E-state index in [1.54, 1.807) is 0 Å². The molecule has 2 rings (SSSR count). The lowest BCUT2D eigenvalue weighted by atomic mass is 10.1. The van der Waals surface area contributed by atoms with Crippen LogP contribution in [0.3, 0.4) is 0 Å². The third kappa shape index (κ3) is 3.81. The Balaban J connectivity index is 1.86.